The van der Waals surface area contributed by atoms with Gasteiger partial charge >= 0.3 is 0 Å². The second-order valence-electron chi connectivity index (χ2n) is 8.97. The van der Waals surface area contributed by atoms with Crippen molar-refractivity contribution in [2.45, 2.75) is 83.2 Å². The van der Waals surface area contributed by atoms with Crippen molar-refractivity contribution < 1.29 is 14.6 Å². The molecule has 1 aromatic rings. The van der Waals surface area contributed by atoms with E-state index >= 15 is 0 Å². The number of benzene rings is 1. The molecule has 1 aliphatic carbocycles. The van der Waals surface area contributed by atoms with E-state index in [1.54, 1.807) is 0 Å². The molecule has 0 bridgehead atoms. The number of ether oxygens (including phenoxy) is 1. The Morgan fingerprint density at radius 2 is 1.72 bits per heavy atom. The minimum absolute atomic E-state index is 0.0198. The van der Waals surface area contributed by atoms with Gasteiger partial charge in [-0.3, -0.25) is 4.79 Å². The van der Waals surface area contributed by atoms with E-state index in [2.05, 4.69) is 36.1 Å². The first-order chi connectivity index (χ1) is 14.2. The van der Waals surface area contributed by atoms with Crippen LogP contribution in [0, 0.1) is 5.92 Å². The van der Waals surface area contributed by atoms with Crippen LogP contribution in [0.4, 0.5) is 0 Å². The highest BCUT2D eigenvalue weighted by molar-refractivity contribution is 5.78. The fraction of sp³-hybridized carbons (Fsp3) is 0.720. The number of ketones is 1. The summed E-state index contributed by atoms with van der Waals surface area (Å²) in [6, 6.07) is 8.86. The molecule has 1 N–H and O–H groups in total. The Hall–Kier alpha value is -1.39. The van der Waals surface area contributed by atoms with E-state index in [1.165, 1.54) is 50.5 Å². The lowest BCUT2D eigenvalue weighted by Gasteiger charge is -2.32. The summed E-state index contributed by atoms with van der Waals surface area (Å²) in [5.41, 5.74) is 1.44. The third-order valence-corrected chi connectivity index (χ3v) is 6.93. The van der Waals surface area contributed by atoms with Gasteiger partial charge in [0.2, 0.25) is 0 Å². The summed E-state index contributed by atoms with van der Waals surface area (Å²) in [7, 11) is 0. The average molecular weight is 402 g/mol. The summed E-state index contributed by atoms with van der Waals surface area (Å²) in [5.74, 6) is 2.75. The third-order valence-electron chi connectivity index (χ3n) is 6.93. The van der Waals surface area contributed by atoms with Crippen LogP contribution >= 0.6 is 0 Å². The van der Waals surface area contributed by atoms with E-state index in [0.29, 0.717) is 24.9 Å². The van der Waals surface area contributed by atoms with Gasteiger partial charge in [-0.1, -0.05) is 25.5 Å². The summed E-state index contributed by atoms with van der Waals surface area (Å²) >= 11 is 0. The van der Waals surface area contributed by atoms with E-state index < -0.39 is 0 Å². The third kappa shape index (κ3) is 7.11. The normalized spacial score (nSPS) is 23.8. The quantitative estimate of drug-likeness (QED) is 0.603. The maximum Gasteiger partial charge on any atom is 0.135 e. The maximum absolute atomic E-state index is 11.5. The van der Waals surface area contributed by atoms with Gasteiger partial charge in [-0.2, -0.15) is 0 Å². The van der Waals surface area contributed by atoms with E-state index in [1.807, 2.05) is 0 Å². The Morgan fingerprint density at radius 3 is 2.34 bits per heavy atom. The van der Waals surface area contributed by atoms with E-state index in [4.69, 9.17) is 9.84 Å². The van der Waals surface area contributed by atoms with Gasteiger partial charge in [0.25, 0.3) is 0 Å². The first-order valence-electron chi connectivity index (χ1n) is 11.8. The highest BCUT2D eigenvalue weighted by Gasteiger charge is 2.22. The van der Waals surface area contributed by atoms with Crippen molar-refractivity contribution in [2.24, 2.45) is 5.92 Å². The molecule has 1 aromatic carbocycles. The van der Waals surface area contributed by atoms with Crippen molar-refractivity contribution in [1.29, 1.82) is 0 Å². The van der Waals surface area contributed by atoms with E-state index in [-0.39, 0.29) is 12.4 Å². The summed E-state index contributed by atoms with van der Waals surface area (Å²) in [6.45, 7) is 5.50. The molecular weight excluding hydrogens is 362 g/mol. The number of Topliss-reactive ketones (excluding diaryl/α,β-unsaturated/α-hetero) is 1. The smallest absolute Gasteiger partial charge is 0.135 e. The molecule has 2 aliphatic rings. The lowest BCUT2D eigenvalue weighted by Crippen LogP contribution is -2.33. The largest absolute Gasteiger partial charge is 0.490 e. The molecular formula is C25H39NO3. The van der Waals surface area contributed by atoms with Gasteiger partial charge in [-0.05, 0) is 94.1 Å². The molecule has 0 atom stereocenters. The Kier molecular flexibility index (Phi) is 9.00. The molecule has 1 saturated carbocycles. The molecule has 4 nitrogen and oxygen atoms in total. The van der Waals surface area contributed by atoms with Crippen LogP contribution in [0.3, 0.4) is 0 Å². The second kappa shape index (κ2) is 11.7. The second-order valence-corrected chi connectivity index (χ2v) is 8.97. The Bertz CT molecular complexity index is 599. The lowest BCUT2D eigenvalue weighted by molar-refractivity contribution is -0.119. The molecule has 1 aliphatic heterocycles. The number of hydrogen-bond acceptors (Lipinski definition) is 4. The zero-order valence-corrected chi connectivity index (χ0v) is 18.2. The van der Waals surface area contributed by atoms with Crippen molar-refractivity contribution in [3.8, 4) is 5.75 Å². The number of nitrogens with zero attached hydrogens (tertiary/aromatic N) is 1. The van der Waals surface area contributed by atoms with Crippen LogP contribution in [0.1, 0.15) is 82.6 Å². The average Bonchev–Trinajstić information content (AvgIpc) is 2.76. The number of piperidine rings is 1. The molecule has 0 spiro atoms. The zero-order valence-electron chi connectivity index (χ0n) is 18.2. The first kappa shape index (κ1) is 22.3. The highest BCUT2D eigenvalue weighted by atomic mass is 16.5. The summed E-state index contributed by atoms with van der Waals surface area (Å²) in [4.78, 5) is 14.0. The predicted octanol–water partition coefficient (Wildman–Crippen LogP) is 4.95. The van der Waals surface area contributed by atoms with Gasteiger partial charge < -0.3 is 14.7 Å². The van der Waals surface area contributed by atoms with E-state index in [0.717, 1.165) is 37.7 Å². The highest BCUT2D eigenvalue weighted by Crippen LogP contribution is 2.32. The molecule has 29 heavy (non-hydrogen) atoms. The number of rotatable bonds is 10. The number of carbonyl (C=O) groups is 1. The van der Waals surface area contributed by atoms with Crippen LogP contribution in [0.25, 0.3) is 0 Å². The Morgan fingerprint density at radius 1 is 1.03 bits per heavy atom. The number of carbonyl (C=O) groups excluding carboxylic acids is 1. The first-order valence-corrected chi connectivity index (χ1v) is 11.8. The summed E-state index contributed by atoms with van der Waals surface area (Å²) in [5, 5.41) is 8.80. The number of aliphatic hydroxyl groups is 1. The van der Waals surface area contributed by atoms with Crippen LogP contribution in [0.5, 0.6) is 5.75 Å². The Balaban J connectivity index is 1.37. The van der Waals surface area contributed by atoms with Crippen molar-refractivity contribution in [3.05, 3.63) is 29.8 Å². The van der Waals surface area contributed by atoms with Crippen LogP contribution < -0.4 is 4.74 Å². The van der Waals surface area contributed by atoms with Gasteiger partial charge in [-0.25, -0.2) is 0 Å². The van der Waals surface area contributed by atoms with Crippen LogP contribution in [0.2, 0.25) is 0 Å². The molecule has 0 amide bonds. The molecule has 162 valence electrons. The van der Waals surface area contributed by atoms with Crippen molar-refractivity contribution in [3.63, 3.8) is 0 Å². The molecule has 2 fully saturated rings. The van der Waals surface area contributed by atoms with Crippen LogP contribution in [-0.2, 0) is 4.79 Å². The minimum Gasteiger partial charge on any atom is -0.490 e. The molecule has 0 aromatic heterocycles. The molecule has 3 rings (SSSR count). The van der Waals surface area contributed by atoms with Crippen LogP contribution in [0.15, 0.2) is 24.3 Å². The van der Waals surface area contributed by atoms with Gasteiger partial charge in [0.05, 0.1) is 6.10 Å². The van der Waals surface area contributed by atoms with Crippen LogP contribution in [-0.4, -0.2) is 48.1 Å². The van der Waals surface area contributed by atoms with E-state index in [9.17, 15) is 4.79 Å². The fourth-order valence-electron chi connectivity index (χ4n) is 4.91. The molecule has 1 heterocycles. The van der Waals surface area contributed by atoms with Gasteiger partial charge in [0, 0.05) is 19.4 Å². The number of hydrogen-bond donors (Lipinski definition) is 1. The van der Waals surface area contributed by atoms with Gasteiger partial charge in [0.1, 0.15) is 11.5 Å². The van der Waals surface area contributed by atoms with Gasteiger partial charge in [0.15, 0.2) is 0 Å². The molecule has 4 heteroatoms. The minimum atomic E-state index is -0.0198. The monoisotopic (exact) mass is 401 g/mol. The lowest BCUT2D eigenvalue weighted by atomic mass is 9.86. The van der Waals surface area contributed by atoms with Crippen molar-refractivity contribution in [1.82, 2.24) is 4.90 Å². The molecule has 0 radical (unpaired) electrons. The number of aliphatic hydroxyl groups excluding tert-OH is 1. The zero-order chi connectivity index (χ0) is 20.5. The standard InChI is InChI=1S/C25H39NO3/c1-2-20-5-9-24(10-6-20)29-25-11-7-21(8-12-25)22-13-17-26(18-14-22)16-3-4-23(28)15-19-27/h7-8,11-12,20,22,24,27H,2-6,9-10,13-19H2,1H3. The predicted molar refractivity (Wildman–Crippen MR) is 117 cm³/mol. The summed E-state index contributed by atoms with van der Waals surface area (Å²) in [6.07, 6.45) is 10.9. The summed E-state index contributed by atoms with van der Waals surface area (Å²) < 4.78 is 6.24. The van der Waals surface area contributed by atoms with Crippen molar-refractivity contribution >= 4 is 5.78 Å². The van der Waals surface area contributed by atoms with Gasteiger partial charge in [-0.15, -0.1) is 0 Å². The topological polar surface area (TPSA) is 49.8 Å². The number of likely N-dealkylation sites (tertiary alicyclic amines) is 1. The SMILES string of the molecule is CCC1CCC(Oc2ccc(C3CCN(CCCC(=O)CCO)CC3)cc2)CC1. The molecule has 0 unspecified atom stereocenters. The van der Waals surface area contributed by atoms with Crippen molar-refractivity contribution in [2.75, 3.05) is 26.2 Å². The Labute approximate surface area is 176 Å². The molecule has 1 saturated heterocycles. The maximum atomic E-state index is 11.5. The fourth-order valence-corrected chi connectivity index (χ4v) is 4.91.